The van der Waals surface area contributed by atoms with Crippen LogP contribution in [0, 0.1) is 6.92 Å². The van der Waals surface area contributed by atoms with Crippen LogP contribution in [0.5, 0.6) is 11.5 Å². The lowest BCUT2D eigenvalue weighted by Gasteiger charge is -2.13. The van der Waals surface area contributed by atoms with E-state index in [0.29, 0.717) is 13.2 Å². The highest BCUT2D eigenvalue weighted by atomic mass is 16.5. The van der Waals surface area contributed by atoms with Gasteiger partial charge in [-0.25, -0.2) is 0 Å². The molecule has 0 heterocycles. The molecule has 3 heteroatoms. The molecule has 2 rings (SSSR count). The minimum Gasteiger partial charge on any atom is -0.490 e. The lowest BCUT2D eigenvalue weighted by atomic mass is 10.2. The van der Waals surface area contributed by atoms with Crippen LogP contribution in [0.2, 0.25) is 0 Å². The van der Waals surface area contributed by atoms with E-state index in [1.807, 2.05) is 26.0 Å². The summed E-state index contributed by atoms with van der Waals surface area (Å²) in [5, 5.41) is 3.43. The van der Waals surface area contributed by atoms with Gasteiger partial charge in [-0.3, -0.25) is 0 Å². The number of rotatable bonds is 7. The minimum absolute atomic E-state index is 0.634. The molecule has 21 heavy (non-hydrogen) atoms. The van der Waals surface area contributed by atoms with E-state index in [4.69, 9.17) is 9.47 Å². The molecule has 0 radical (unpaired) electrons. The summed E-state index contributed by atoms with van der Waals surface area (Å²) in [5.41, 5.74) is 3.55. The van der Waals surface area contributed by atoms with Gasteiger partial charge in [0.1, 0.15) is 0 Å². The van der Waals surface area contributed by atoms with E-state index in [1.165, 1.54) is 11.1 Å². The molecule has 112 valence electrons. The van der Waals surface area contributed by atoms with Crippen molar-refractivity contribution in [3.8, 4) is 11.5 Å². The molecule has 0 bridgehead atoms. The van der Waals surface area contributed by atoms with Gasteiger partial charge >= 0.3 is 0 Å². The van der Waals surface area contributed by atoms with Crippen molar-refractivity contribution in [3.05, 3.63) is 53.6 Å². The monoisotopic (exact) mass is 285 g/mol. The van der Waals surface area contributed by atoms with Gasteiger partial charge in [0.25, 0.3) is 0 Å². The van der Waals surface area contributed by atoms with Crippen molar-refractivity contribution in [2.45, 2.75) is 27.3 Å². The number of anilines is 1. The van der Waals surface area contributed by atoms with Crippen molar-refractivity contribution < 1.29 is 9.47 Å². The molecule has 0 aliphatic rings. The van der Waals surface area contributed by atoms with Gasteiger partial charge < -0.3 is 14.8 Å². The number of benzene rings is 2. The summed E-state index contributed by atoms with van der Waals surface area (Å²) in [5.74, 6) is 1.61. The maximum Gasteiger partial charge on any atom is 0.161 e. The lowest BCUT2D eigenvalue weighted by Crippen LogP contribution is -2.02. The fourth-order valence-corrected chi connectivity index (χ4v) is 2.16. The lowest BCUT2D eigenvalue weighted by molar-refractivity contribution is 0.287. The fraction of sp³-hybridized carbons (Fsp3) is 0.333. The maximum absolute atomic E-state index is 5.65. The molecule has 0 saturated carbocycles. The first-order valence-corrected chi connectivity index (χ1v) is 7.42. The number of nitrogens with one attached hydrogen (secondary N) is 1. The predicted octanol–water partition coefficient (Wildman–Crippen LogP) is 4.40. The Morgan fingerprint density at radius 1 is 0.905 bits per heavy atom. The van der Waals surface area contributed by atoms with Crippen molar-refractivity contribution in [2.75, 3.05) is 18.5 Å². The van der Waals surface area contributed by atoms with Crippen LogP contribution in [0.4, 0.5) is 5.69 Å². The molecule has 1 N–H and O–H groups in total. The Morgan fingerprint density at radius 2 is 1.67 bits per heavy atom. The zero-order valence-corrected chi connectivity index (χ0v) is 13.0. The number of hydrogen-bond donors (Lipinski definition) is 1. The topological polar surface area (TPSA) is 30.5 Å². The van der Waals surface area contributed by atoms with E-state index >= 15 is 0 Å². The van der Waals surface area contributed by atoms with Crippen LogP contribution in [0.3, 0.4) is 0 Å². The highest BCUT2D eigenvalue weighted by molar-refractivity contribution is 5.48. The van der Waals surface area contributed by atoms with Crippen molar-refractivity contribution >= 4 is 5.69 Å². The number of aryl methyl sites for hydroxylation is 1. The Labute approximate surface area is 126 Å². The van der Waals surface area contributed by atoms with E-state index in [0.717, 1.165) is 23.7 Å². The van der Waals surface area contributed by atoms with Gasteiger partial charge in [-0.2, -0.15) is 0 Å². The molecule has 2 aromatic rings. The zero-order chi connectivity index (χ0) is 15.1. The predicted molar refractivity (Wildman–Crippen MR) is 87.3 cm³/mol. The van der Waals surface area contributed by atoms with E-state index < -0.39 is 0 Å². The molecule has 0 spiro atoms. The molecule has 0 fully saturated rings. The highest BCUT2D eigenvalue weighted by Crippen LogP contribution is 2.28. The van der Waals surface area contributed by atoms with Crippen LogP contribution in [-0.2, 0) is 6.54 Å². The average Bonchev–Trinajstić information content (AvgIpc) is 2.48. The summed E-state index contributed by atoms with van der Waals surface area (Å²) >= 11 is 0. The Balaban J connectivity index is 2.07. The first kappa shape index (κ1) is 15.2. The van der Waals surface area contributed by atoms with Crippen LogP contribution in [0.25, 0.3) is 0 Å². The fourth-order valence-electron chi connectivity index (χ4n) is 2.16. The molecule has 2 aromatic carbocycles. The molecule has 0 aliphatic heterocycles. The van der Waals surface area contributed by atoms with Gasteiger partial charge in [0.05, 0.1) is 13.2 Å². The summed E-state index contributed by atoms with van der Waals surface area (Å²) < 4.78 is 11.2. The number of hydrogen-bond acceptors (Lipinski definition) is 3. The largest absolute Gasteiger partial charge is 0.490 e. The molecule has 0 unspecified atom stereocenters. The minimum atomic E-state index is 0.634. The summed E-state index contributed by atoms with van der Waals surface area (Å²) in [6.45, 7) is 8.08. The summed E-state index contributed by atoms with van der Waals surface area (Å²) in [6, 6.07) is 14.4. The second-order valence-corrected chi connectivity index (χ2v) is 4.87. The second-order valence-electron chi connectivity index (χ2n) is 4.87. The van der Waals surface area contributed by atoms with Crippen molar-refractivity contribution in [3.63, 3.8) is 0 Å². The van der Waals surface area contributed by atoms with Crippen LogP contribution < -0.4 is 14.8 Å². The van der Waals surface area contributed by atoms with Gasteiger partial charge in [0.15, 0.2) is 11.5 Å². The summed E-state index contributed by atoms with van der Waals surface area (Å²) in [4.78, 5) is 0. The van der Waals surface area contributed by atoms with Crippen molar-refractivity contribution in [2.24, 2.45) is 0 Å². The Kier molecular flexibility index (Phi) is 5.50. The molecule has 0 aliphatic carbocycles. The first-order valence-electron chi connectivity index (χ1n) is 7.42. The molecule has 0 saturated heterocycles. The zero-order valence-electron chi connectivity index (χ0n) is 13.0. The van der Waals surface area contributed by atoms with Crippen LogP contribution >= 0.6 is 0 Å². The third kappa shape index (κ3) is 4.42. The Bertz CT molecular complexity index is 581. The maximum atomic E-state index is 5.65. The third-order valence-electron chi connectivity index (χ3n) is 3.12. The van der Waals surface area contributed by atoms with Crippen LogP contribution in [0.15, 0.2) is 42.5 Å². The molecule has 3 nitrogen and oxygen atoms in total. The van der Waals surface area contributed by atoms with E-state index in [9.17, 15) is 0 Å². The second kappa shape index (κ2) is 7.58. The first-order chi connectivity index (χ1) is 10.2. The summed E-state index contributed by atoms with van der Waals surface area (Å²) in [7, 11) is 0. The van der Waals surface area contributed by atoms with Gasteiger partial charge in [0.2, 0.25) is 0 Å². The molecule has 0 amide bonds. The van der Waals surface area contributed by atoms with Gasteiger partial charge in [-0.1, -0.05) is 18.2 Å². The molecule has 0 aromatic heterocycles. The van der Waals surface area contributed by atoms with Crippen molar-refractivity contribution in [1.29, 1.82) is 0 Å². The van der Waals surface area contributed by atoms with Crippen molar-refractivity contribution in [1.82, 2.24) is 0 Å². The van der Waals surface area contributed by atoms with Crippen LogP contribution in [-0.4, -0.2) is 13.2 Å². The molecule has 0 atom stereocenters. The quantitative estimate of drug-likeness (QED) is 0.817. The normalized spacial score (nSPS) is 10.2. The third-order valence-corrected chi connectivity index (χ3v) is 3.12. The SMILES string of the molecule is CCOc1ccc(CNc2cccc(C)c2)cc1OCC. The molecular weight excluding hydrogens is 262 g/mol. The smallest absolute Gasteiger partial charge is 0.161 e. The Morgan fingerprint density at radius 3 is 2.38 bits per heavy atom. The average molecular weight is 285 g/mol. The van der Waals surface area contributed by atoms with E-state index in [1.54, 1.807) is 0 Å². The van der Waals surface area contributed by atoms with Gasteiger partial charge in [0, 0.05) is 12.2 Å². The van der Waals surface area contributed by atoms with E-state index in [-0.39, 0.29) is 0 Å². The standard InChI is InChI=1S/C18H23NO2/c1-4-20-17-10-9-15(12-18(17)21-5-2)13-19-16-8-6-7-14(3)11-16/h6-12,19H,4-5,13H2,1-3H3. The number of ether oxygens (including phenoxy) is 2. The van der Waals surface area contributed by atoms with E-state index in [2.05, 4.69) is 42.6 Å². The van der Waals surface area contributed by atoms with Gasteiger partial charge in [-0.05, 0) is 56.2 Å². The highest BCUT2D eigenvalue weighted by Gasteiger charge is 2.06. The van der Waals surface area contributed by atoms with Gasteiger partial charge in [-0.15, -0.1) is 0 Å². The van der Waals surface area contributed by atoms with Crippen LogP contribution in [0.1, 0.15) is 25.0 Å². The summed E-state index contributed by atoms with van der Waals surface area (Å²) in [6.07, 6.45) is 0. The molecular formula is C18H23NO2. The Hall–Kier alpha value is -2.16.